The minimum atomic E-state index is -3.21. The minimum Gasteiger partial charge on any atom is -0.493 e. The van der Waals surface area contributed by atoms with Crippen molar-refractivity contribution in [2.24, 2.45) is 5.92 Å². The van der Waals surface area contributed by atoms with Crippen LogP contribution in [-0.2, 0) is 10.0 Å². The van der Waals surface area contributed by atoms with Crippen LogP contribution in [0.3, 0.4) is 0 Å². The van der Waals surface area contributed by atoms with Gasteiger partial charge in [-0.1, -0.05) is 0 Å². The van der Waals surface area contributed by atoms with Crippen molar-refractivity contribution in [3.05, 3.63) is 27.8 Å². The van der Waals surface area contributed by atoms with Crippen molar-refractivity contribution in [3.8, 4) is 11.5 Å². The first-order valence-electron chi connectivity index (χ1n) is 8.89. The van der Waals surface area contributed by atoms with E-state index in [1.54, 1.807) is 6.92 Å². The van der Waals surface area contributed by atoms with E-state index in [4.69, 9.17) is 9.47 Å². The summed E-state index contributed by atoms with van der Waals surface area (Å²) >= 11 is 0. The van der Waals surface area contributed by atoms with Crippen LogP contribution in [0.1, 0.15) is 30.1 Å². The number of nitro groups is 1. The third-order valence-corrected chi connectivity index (χ3v) is 5.92. The Bertz CT molecular complexity index is 833. The standard InChI is InChI=1S/C17H25N3O7S/c1-4-27-16-9-13(14(20(22)23)10-15(16)26-2)17(21)18-11-12-5-7-19(8-6-12)28(3,24)25/h9-10,12H,4-8,11H2,1-3H3,(H,18,21). The van der Waals surface area contributed by atoms with Gasteiger partial charge in [0.1, 0.15) is 5.56 Å². The number of piperidine rings is 1. The second kappa shape index (κ2) is 9.20. The van der Waals surface area contributed by atoms with E-state index >= 15 is 0 Å². The molecule has 1 saturated heterocycles. The molecule has 0 aromatic heterocycles. The zero-order valence-electron chi connectivity index (χ0n) is 16.1. The normalized spacial score (nSPS) is 15.8. The summed E-state index contributed by atoms with van der Waals surface area (Å²) in [6, 6.07) is 2.48. The highest BCUT2D eigenvalue weighted by Crippen LogP contribution is 2.34. The number of nitrogens with one attached hydrogen (secondary N) is 1. The van der Waals surface area contributed by atoms with Crippen LogP contribution in [0.25, 0.3) is 0 Å². The Morgan fingerprint density at radius 2 is 1.96 bits per heavy atom. The van der Waals surface area contributed by atoms with E-state index < -0.39 is 20.9 Å². The number of nitro benzene ring substituents is 1. The van der Waals surface area contributed by atoms with Gasteiger partial charge in [0.25, 0.3) is 11.6 Å². The number of carbonyl (C=O) groups is 1. The first kappa shape index (κ1) is 21.9. The topological polar surface area (TPSA) is 128 Å². The summed E-state index contributed by atoms with van der Waals surface area (Å²) in [7, 11) is -1.85. The SMILES string of the molecule is CCOc1cc(C(=O)NCC2CCN(S(C)(=O)=O)CC2)c([N+](=O)[O-])cc1OC. The fourth-order valence-corrected chi connectivity index (χ4v) is 3.96. The van der Waals surface area contributed by atoms with Crippen LogP contribution in [0, 0.1) is 16.0 Å². The van der Waals surface area contributed by atoms with Crippen molar-refractivity contribution in [2.75, 3.05) is 39.6 Å². The van der Waals surface area contributed by atoms with Gasteiger partial charge in [-0.3, -0.25) is 14.9 Å². The molecule has 28 heavy (non-hydrogen) atoms. The highest BCUT2D eigenvalue weighted by molar-refractivity contribution is 7.88. The molecular formula is C17H25N3O7S. The average molecular weight is 415 g/mol. The lowest BCUT2D eigenvalue weighted by atomic mass is 9.98. The van der Waals surface area contributed by atoms with E-state index in [1.807, 2.05) is 0 Å². The second-order valence-corrected chi connectivity index (χ2v) is 8.51. The molecule has 156 valence electrons. The van der Waals surface area contributed by atoms with Crippen molar-refractivity contribution in [3.63, 3.8) is 0 Å². The van der Waals surface area contributed by atoms with Gasteiger partial charge in [0.15, 0.2) is 11.5 Å². The molecule has 0 atom stereocenters. The summed E-state index contributed by atoms with van der Waals surface area (Å²) in [5, 5.41) is 14.1. The molecular weight excluding hydrogens is 390 g/mol. The number of carbonyl (C=O) groups excluding carboxylic acids is 1. The third-order valence-electron chi connectivity index (χ3n) is 4.62. The van der Waals surface area contributed by atoms with E-state index in [-0.39, 0.29) is 28.7 Å². The van der Waals surface area contributed by atoms with Crippen molar-refractivity contribution in [2.45, 2.75) is 19.8 Å². The van der Waals surface area contributed by atoms with E-state index in [0.29, 0.717) is 39.1 Å². The van der Waals surface area contributed by atoms with Crippen molar-refractivity contribution in [1.82, 2.24) is 9.62 Å². The lowest BCUT2D eigenvalue weighted by Crippen LogP contribution is -2.41. The number of benzene rings is 1. The van der Waals surface area contributed by atoms with Gasteiger partial charge in [0.2, 0.25) is 10.0 Å². The van der Waals surface area contributed by atoms with E-state index in [0.717, 1.165) is 0 Å². The molecule has 10 nitrogen and oxygen atoms in total. The predicted molar refractivity (Wildman–Crippen MR) is 102 cm³/mol. The van der Waals surface area contributed by atoms with Crippen LogP contribution < -0.4 is 14.8 Å². The molecule has 2 rings (SSSR count). The van der Waals surface area contributed by atoms with Crippen LogP contribution in [0.4, 0.5) is 5.69 Å². The molecule has 1 heterocycles. The number of ether oxygens (including phenoxy) is 2. The largest absolute Gasteiger partial charge is 0.493 e. The lowest BCUT2D eigenvalue weighted by Gasteiger charge is -2.30. The highest BCUT2D eigenvalue weighted by Gasteiger charge is 2.27. The van der Waals surface area contributed by atoms with Gasteiger partial charge < -0.3 is 14.8 Å². The van der Waals surface area contributed by atoms with Gasteiger partial charge >= 0.3 is 0 Å². The maximum Gasteiger partial charge on any atom is 0.286 e. The molecule has 1 aliphatic heterocycles. The minimum absolute atomic E-state index is 0.102. The van der Waals surface area contributed by atoms with Crippen LogP contribution >= 0.6 is 0 Å². The first-order chi connectivity index (χ1) is 13.2. The van der Waals surface area contributed by atoms with Crippen molar-refractivity contribution >= 4 is 21.6 Å². The van der Waals surface area contributed by atoms with E-state index in [9.17, 15) is 23.3 Å². The first-order valence-corrected chi connectivity index (χ1v) is 10.7. The van der Waals surface area contributed by atoms with Crippen LogP contribution in [0.5, 0.6) is 11.5 Å². The Balaban J connectivity index is 2.09. The Kier molecular flexibility index (Phi) is 7.19. The van der Waals surface area contributed by atoms with Gasteiger partial charge in [0, 0.05) is 25.7 Å². The molecule has 1 amide bonds. The number of amides is 1. The smallest absolute Gasteiger partial charge is 0.286 e. The summed E-state index contributed by atoms with van der Waals surface area (Å²) in [6.45, 7) is 3.17. The van der Waals surface area contributed by atoms with Gasteiger partial charge in [0.05, 0.1) is 31.0 Å². The maximum atomic E-state index is 12.6. The molecule has 1 aromatic carbocycles. The molecule has 0 radical (unpaired) electrons. The van der Waals surface area contributed by atoms with E-state index in [1.165, 1.54) is 29.8 Å². The number of hydrogen-bond acceptors (Lipinski definition) is 7. The molecule has 1 fully saturated rings. The lowest BCUT2D eigenvalue weighted by molar-refractivity contribution is -0.385. The van der Waals surface area contributed by atoms with Gasteiger partial charge in [-0.15, -0.1) is 0 Å². The molecule has 1 N–H and O–H groups in total. The van der Waals surface area contributed by atoms with Crippen molar-refractivity contribution < 1.29 is 27.6 Å². The zero-order valence-corrected chi connectivity index (χ0v) is 17.0. The quantitative estimate of drug-likeness (QED) is 0.502. The fraction of sp³-hybridized carbons (Fsp3) is 0.588. The van der Waals surface area contributed by atoms with Gasteiger partial charge in [-0.2, -0.15) is 0 Å². The molecule has 1 aliphatic rings. The van der Waals surface area contributed by atoms with Crippen LogP contribution in [0.2, 0.25) is 0 Å². The average Bonchev–Trinajstić information content (AvgIpc) is 2.65. The Morgan fingerprint density at radius 3 is 2.46 bits per heavy atom. The third kappa shape index (κ3) is 5.32. The van der Waals surface area contributed by atoms with E-state index in [2.05, 4.69) is 5.32 Å². The summed E-state index contributed by atoms with van der Waals surface area (Å²) in [6.07, 6.45) is 2.40. The highest BCUT2D eigenvalue weighted by atomic mass is 32.2. The summed E-state index contributed by atoms with van der Waals surface area (Å²) in [5.74, 6) is -0.0491. The Labute approximate surface area is 164 Å². The van der Waals surface area contributed by atoms with Crippen molar-refractivity contribution in [1.29, 1.82) is 0 Å². The number of rotatable bonds is 8. The summed E-state index contributed by atoms with van der Waals surface area (Å²) in [5.41, 5.74) is -0.479. The van der Waals surface area contributed by atoms with Crippen LogP contribution in [0.15, 0.2) is 12.1 Å². The number of sulfonamides is 1. The molecule has 11 heteroatoms. The summed E-state index contributed by atoms with van der Waals surface area (Å²) < 4.78 is 35.0. The zero-order chi connectivity index (χ0) is 20.9. The number of methoxy groups -OCH3 is 1. The van der Waals surface area contributed by atoms with Crippen LogP contribution in [-0.4, -0.2) is 63.2 Å². The fourth-order valence-electron chi connectivity index (χ4n) is 3.09. The molecule has 0 unspecified atom stereocenters. The number of hydrogen-bond donors (Lipinski definition) is 1. The maximum absolute atomic E-state index is 12.6. The number of nitrogens with zero attached hydrogens (tertiary/aromatic N) is 2. The molecule has 0 aliphatic carbocycles. The molecule has 1 aromatic rings. The second-order valence-electron chi connectivity index (χ2n) is 6.53. The molecule has 0 saturated carbocycles. The monoisotopic (exact) mass is 415 g/mol. The van der Waals surface area contributed by atoms with Gasteiger partial charge in [-0.05, 0) is 25.7 Å². The Morgan fingerprint density at radius 1 is 1.32 bits per heavy atom. The molecule has 0 bridgehead atoms. The summed E-state index contributed by atoms with van der Waals surface area (Å²) in [4.78, 5) is 23.3. The van der Waals surface area contributed by atoms with Gasteiger partial charge in [-0.25, -0.2) is 12.7 Å². The predicted octanol–water partition coefficient (Wildman–Crippen LogP) is 1.40. The Hall–Kier alpha value is -2.40. The molecule has 0 spiro atoms.